The molecule has 0 bridgehead atoms. The second-order valence-electron chi connectivity index (χ2n) is 4.00. The Morgan fingerprint density at radius 1 is 1.37 bits per heavy atom. The lowest BCUT2D eigenvalue weighted by molar-refractivity contribution is -0.137. The van der Waals surface area contributed by atoms with Crippen molar-refractivity contribution in [1.29, 1.82) is 0 Å². The first-order valence-corrected chi connectivity index (χ1v) is 5.36. The number of anilines is 1. The normalized spacial score (nSPS) is 11.5. The summed E-state index contributed by atoms with van der Waals surface area (Å²) in [4.78, 5) is 11.8. The summed E-state index contributed by atoms with van der Waals surface area (Å²) >= 11 is 0. The molecule has 3 N–H and O–H groups in total. The molecule has 0 saturated carbocycles. The lowest BCUT2D eigenvalue weighted by Gasteiger charge is -2.08. The Morgan fingerprint density at radius 3 is 2.68 bits per heavy atom. The second kappa shape index (κ2) is 4.75. The molecule has 2 aromatic rings. The molecule has 0 aliphatic heterocycles. The molecule has 0 atom stereocenters. The number of H-pyrrole nitrogens is 1. The van der Waals surface area contributed by atoms with Gasteiger partial charge in [-0.25, -0.2) is 0 Å². The Labute approximate surface area is 106 Å². The number of rotatable bonds is 3. The number of aromatic nitrogens is 2. The molecule has 0 aliphatic rings. The summed E-state index contributed by atoms with van der Waals surface area (Å²) in [5.74, 6) is -0.275. The molecule has 100 valence electrons. The fourth-order valence-electron chi connectivity index (χ4n) is 1.66. The quantitative estimate of drug-likeness (QED) is 0.840. The molecule has 1 aromatic carbocycles. The molecule has 0 unspecified atom stereocenters. The number of hydrogen-bond donors (Lipinski definition) is 2. The number of aromatic amines is 1. The Morgan fingerprint density at radius 2 is 2.11 bits per heavy atom. The molecule has 19 heavy (non-hydrogen) atoms. The van der Waals surface area contributed by atoms with Crippen LogP contribution < -0.4 is 5.73 Å². The van der Waals surface area contributed by atoms with Crippen LogP contribution in [-0.2, 0) is 12.6 Å². The van der Waals surface area contributed by atoms with Crippen LogP contribution in [0.4, 0.5) is 19.0 Å². The molecule has 0 radical (unpaired) electrons. The van der Waals surface area contributed by atoms with Crippen molar-refractivity contribution < 1.29 is 18.0 Å². The van der Waals surface area contributed by atoms with Crippen LogP contribution >= 0.6 is 0 Å². The number of nitrogen functional groups attached to an aromatic ring is 1. The third-order valence-electron chi connectivity index (χ3n) is 2.59. The number of carbonyl (C=O) groups is 1. The van der Waals surface area contributed by atoms with Gasteiger partial charge in [0.1, 0.15) is 5.82 Å². The molecule has 0 aliphatic carbocycles. The largest absolute Gasteiger partial charge is 0.416 e. The maximum atomic E-state index is 12.5. The summed E-state index contributed by atoms with van der Waals surface area (Å²) in [7, 11) is 0. The van der Waals surface area contributed by atoms with E-state index < -0.39 is 11.7 Å². The average Bonchev–Trinajstić information content (AvgIpc) is 2.75. The number of nitrogens with one attached hydrogen (secondary N) is 1. The topological polar surface area (TPSA) is 71.8 Å². The zero-order chi connectivity index (χ0) is 14.0. The van der Waals surface area contributed by atoms with Gasteiger partial charge in [0.15, 0.2) is 5.78 Å². The molecule has 0 amide bonds. The fourth-order valence-corrected chi connectivity index (χ4v) is 1.66. The Balaban J connectivity index is 2.21. The van der Waals surface area contributed by atoms with E-state index in [1.165, 1.54) is 18.3 Å². The first kappa shape index (κ1) is 13.1. The molecule has 0 fully saturated rings. The van der Waals surface area contributed by atoms with Gasteiger partial charge >= 0.3 is 6.18 Å². The van der Waals surface area contributed by atoms with Crippen LogP contribution in [0, 0.1) is 0 Å². The number of halogens is 3. The SMILES string of the molecule is Nc1[nH]ncc1C(=O)Cc1cccc(C(F)(F)F)c1. The van der Waals surface area contributed by atoms with Crippen molar-refractivity contribution in [2.45, 2.75) is 12.6 Å². The highest BCUT2D eigenvalue weighted by atomic mass is 19.4. The summed E-state index contributed by atoms with van der Waals surface area (Å²) < 4.78 is 37.6. The number of Topliss-reactive ketones (excluding diaryl/α,β-unsaturated/α-hetero) is 1. The standard InChI is InChI=1S/C12H10F3N3O/c13-12(14,15)8-3-1-2-7(4-8)5-10(19)9-6-17-18-11(9)16/h1-4,6H,5H2,(H3,16,17,18). The van der Waals surface area contributed by atoms with Crippen molar-refractivity contribution in [3.8, 4) is 0 Å². The molecule has 1 heterocycles. The van der Waals surface area contributed by atoms with E-state index in [-0.39, 0.29) is 29.1 Å². The molecular formula is C12H10F3N3O. The van der Waals surface area contributed by atoms with Gasteiger partial charge < -0.3 is 5.73 Å². The molecule has 2 rings (SSSR count). The van der Waals surface area contributed by atoms with Crippen molar-refractivity contribution in [3.63, 3.8) is 0 Å². The number of alkyl halides is 3. The van der Waals surface area contributed by atoms with Crippen molar-refractivity contribution in [2.24, 2.45) is 0 Å². The first-order chi connectivity index (χ1) is 8.88. The highest BCUT2D eigenvalue weighted by molar-refractivity contribution is 6.01. The summed E-state index contributed by atoms with van der Waals surface area (Å²) in [5.41, 5.74) is 5.15. The van der Waals surface area contributed by atoms with Crippen LogP contribution in [-0.4, -0.2) is 16.0 Å². The van der Waals surface area contributed by atoms with Crippen LogP contribution in [0.15, 0.2) is 30.5 Å². The van der Waals surface area contributed by atoms with Crippen molar-refractivity contribution in [3.05, 3.63) is 47.2 Å². The monoisotopic (exact) mass is 269 g/mol. The fraction of sp³-hybridized carbons (Fsp3) is 0.167. The van der Waals surface area contributed by atoms with Crippen LogP contribution in [0.25, 0.3) is 0 Å². The van der Waals surface area contributed by atoms with Gasteiger partial charge in [-0.15, -0.1) is 0 Å². The number of nitrogens with zero attached hydrogens (tertiary/aromatic N) is 1. The van der Waals surface area contributed by atoms with Gasteiger partial charge in [0, 0.05) is 6.42 Å². The minimum Gasteiger partial charge on any atom is -0.383 e. The molecule has 0 saturated heterocycles. The molecular weight excluding hydrogens is 259 g/mol. The summed E-state index contributed by atoms with van der Waals surface area (Å²) in [6, 6.07) is 4.64. The van der Waals surface area contributed by atoms with E-state index in [9.17, 15) is 18.0 Å². The van der Waals surface area contributed by atoms with Crippen LogP contribution in [0.1, 0.15) is 21.5 Å². The second-order valence-corrected chi connectivity index (χ2v) is 4.00. The highest BCUT2D eigenvalue weighted by Crippen LogP contribution is 2.29. The van der Waals surface area contributed by atoms with Crippen LogP contribution in [0.2, 0.25) is 0 Å². The lowest BCUT2D eigenvalue weighted by Crippen LogP contribution is -2.08. The molecule has 4 nitrogen and oxygen atoms in total. The average molecular weight is 269 g/mol. The van der Waals surface area contributed by atoms with E-state index in [4.69, 9.17) is 5.73 Å². The van der Waals surface area contributed by atoms with Gasteiger partial charge in [-0.05, 0) is 11.6 Å². The maximum Gasteiger partial charge on any atom is 0.416 e. The third kappa shape index (κ3) is 2.93. The zero-order valence-electron chi connectivity index (χ0n) is 9.66. The van der Waals surface area contributed by atoms with Crippen LogP contribution in [0.3, 0.4) is 0 Å². The van der Waals surface area contributed by atoms with Gasteiger partial charge in [-0.1, -0.05) is 18.2 Å². The first-order valence-electron chi connectivity index (χ1n) is 5.36. The Hall–Kier alpha value is -2.31. The van der Waals surface area contributed by atoms with E-state index in [0.717, 1.165) is 12.1 Å². The minimum atomic E-state index is -4.42. The van der Waals surface area contributed by atoms with Gasteiger partial charge in [0.2, 0.25) is 0 Å². The van der Waals surface area contributed by atoms with E-state index in [1.54, 1.807) is 0 Å². The smallest absolute Gasteiger partial charge is 0.383 e. The van der Waals surface area contributed by atoms with Gasteiger partial charge in [-0.3, -0.25) is 9.89 Å². The summed E-state index contributed by atoms with van der Waals surface area (Å²) in [6.07, 6.45) is -3.33. The molecule has 0 spiro atoms. The Kier molecular flexibility index (Phi) is 3.28. The summed E-state index contributed by atoms with van der Waals surface area (Å²) in [5, 5.41) is 5.99. The van der Waals surface area contributed by atoms with Crippen molar-refractivity contribution in [2.75, 3.05) is 5.73 Å². The summed E-state index contributed by atoms with van der Waals surface area (Å²) in [6.45, 7) is 0. The third-order valence-corrected chi connectivity index (χ3v) is 2.59. The van der Waals surface area contributed by atoms with Gasteiger partial charge in [0.25, 0.3) is 0 Å². The maximum absolute atomic E-state index is 12.5. The van der Waals surface area contributed by atoms with Gasteiger partial charge in [-0.2, -0.15) is 18.3 Å². The molecule has 1 aromatic heterocycles. The lowest BCUT2D eigenvalue weighted by atomic mass is 10.0. The number of hydrogen-bond acceptors (Lipinski definition) is 3. The number of carbonyl (C=O) groups excluding carboxylic acids is 1. The predicted octanol–water partition coefficient (Wildman–Crippen LogP) is 2.44. The zero-order valence-corrected chi connectivity index (χ0v) is 9.66. The van der Waals surface area contributed by atoms with Gasteiger partial charge in [0.05, 0.1) is 17.3 Å². The minimum absolute atomic E-state index is 0.108. The van der Waals surface area contributed by atoms with E-state index in [2.05, 4.69) is 10.2 Å². The number of ketones is 1. The van der Waals surface area contributed by atoms with E-state index in [1.807, 2.05) is 0 Å². The number of nitrogens with two attached hydrogens (primary N) is 1. The van der Waals surface area contributed by atoms with E-state index >= 15 is 0 Å². The van der Waals surface area contributed by atoms with Crippen molar-refractivity contribution in [1.82, 2.24) is 10.2 Å². The van der Waals surface area contributed by atoms with Crippen LogP contribution in [0.5, 0.6) is 0 Å². The Bertz CT molecular complexity index is 604. The predicted molar refractivity (Wildman–Crippen MR) is 62.5 cm³/mol. The molecule has 7 heteroatoms. The van der Waals surface area contributed by atoms with Crippen molar-refractivity contribution >= 4 is 11.6 Å². The highest BCUT2D eigenvalue weighted by Gasteiger charge is 2.30. The number of benzene rings is 1. The van der Waals surface area contributed by atoms with E-state index in [0.29, 0.717) is 0 Å².